The number of carbonyl (C=O) groups excluding carboxylic acids is 1. The fraction of sp³-hybridized carbons (Fsp3) is 0.480. The average molecular weight is 478 g/mol. The number of pyridine rings is 1. The van der Waals surface area contributed by atoms with Gasteiger partial charge in [0, 0.05) is 60.5 Å². The predicted octanol–water partition coefficient (Wildman–Crippen LogP) is 3.74. The van der Waals surface area contributed by atoms with E-state index in [4.69, 9.17) is 20.3 Å². The van der Waals surface area contributed by atoms with Crippen molar-refractivity contribution in [2.75, 3.05) is 18.8 Å². The lowest BCUT2D eigenvalue weighted by Crippen LogP contribution is -2.37. The lowest BCUT2D eigenvalue weighted by atomic mass is 9.82. The van der Waals surface area contributed by atoms with Gasteiger partial charge in [-0.15, -0.1) is 0 Å². The molecule has 0 saturated carbocycles. The zero-order valence-corrected chi connectivity index (χ0v) is 20.6. The van der Waals surface area contributed by atoms with Crippen LogP contribution in [0, 0.1) is 0 Å². The van der Waals surface area contributed by atoms with E-state index in [1.54, 1.807) is 18.6 Å². The van der Waals surface area contributed by atoms with Crippen molar-refractivity contribution in [3.05, 3.63) is 48.3 Å². The Labute approximate surface area is 204 Å². The third kappa shape index (κ3) is 4.52. The Hall–Kier alpha value is -3.69. The van der Waals surface area contributed by atoms with Crippen LogP contribution in [0.2, 0.25) is 0 Å². The van der Waals surface area contributed by atoms with E-state index in [9.17, 15) is 4.79 Å². The van der Waals surface area contributed by atoms with Crippen molar-refractivity contribution >= 4 is 11.9 Å². The highest BCUT2D eigenvalue weighted by Crippen LogP contribution is 2.44. The summed E-state index contributed by atoms with van der Waals surface area (Å²) in [6.45, 7) is 9.71. The summed E-state index contributed by atoms with van der Waals surface area (Å²) in [5, 5.41) is 4.84. The van der Waals surface area contributed by atoms with Gasteiger partial charge in [-0.25, -0.2) is 19.7 Å². The zero-order valence-electron chi connectivity index (χ0n) is 20.6. The number of nitrogens with zero attached hydrogens (tertiary/aromatic N) is 6. The van der Waals surface area contributed by atoms with Gasteiger partial charge in [0.1, 0.15) is 18.0 Å². The lowest BCUT2D eigenvalue weighted by molar-refractivity contribution is 0.0284. The number of aryl methyl sites for hydroxylation is 1. The summed E-state index contributed by atoms with van der Waals surface area (Å²) in [6, 6.07) is 3.98. The van der Waals surface area contributed by atoms with Crippen molar-refractivity contribution in [1.82, 2.24) is 29.6 Å². The normalized spacial score (nSPS) is 20.2. The third-order valence-electron chi connectivity index (χ3n) is 6.66. The largest absolute Gasteiger partial charge is 0.482 e. The highest BCUT2D eigenvalue weighted by molar-refractivity contribution is 5.69. The summed E-state index contributed by atoms with van der Waals surface area (Å²) >= 11 is 0. The van der Waals surface area contributed by atoms with E-state index < -0.39 is 5.60 Å². The Balaban J connectivity index is 1.36. The molecular formula is C25H31N7O3. The Kier molecular flexibility index (Phi) is 5.61. The van der Waals surface area contributed by atoms with Gasteiger partial charge >= 0.3 is 6.09 Å². The predicted molar refractivity (Wildman–Crippen MR) is 130 cm³/mol. The number of rotatable bonds is 4. The molecule has 35 heavy (non-hydrogen) atoms. The molecule has 5 heterocycles. The lowest BCUT2D eigenvalue weighted by Gasteiger charge is -2.26. The highest BCUT2D eigenvalue weighted by Gasteiger charge is 2.47. The molecule has 1 amide bonds. The van der Waals surface area contributed by atoms with Crippen molar-refractivity contribution in [3.63, 3.8) is 0 Å². The van der Waals surface area contributed by atoms with Gasteiger partial charge in [0.25, 0.3) is 0 Å². The van der Waals surface area contributed by atoms with Crippen LogP contribution >= 0.6 is 0 Å². The van der Waals surface area contributed by atoms with Gasteiger partial charge in [-0.1, -0.05) is 0 Å². The molecule has 0 aliphatic carbocycles. The second-order valence-corrected chi connectivity index (χ2v) is 10.4. The molecule has 2 atom stereocenters. The number of hydrogen-bond donors (Lipinski definition) is 1. The number of fused-ring (bicyclic) bond motifs is 2. The Morgan fingerprint density at radius 1 is 1.14 bits per heavy atom. The molecule has 184 valence electrons. The molecule has 0 aromatic carbocycles. The molecule has 2 N–H and O–H groups in total. The van der Waals surface area contributed by atoms with E-state index in [0.29, 0.717) is 24.7 Å². The Bertz CT molecular complexity index is 1240. The summed E-state index contributed by atoms with van der Waals surface area (Å²) in [6.07, 6.45) is 7.93. The molecular weight excluding hydrogens is 446 g/mol. The molecule has 0 bridgehead atoms. The Morgan fingerprint density at radius 3 is 2.63 bits per heavy atom. The SMILES string of the molecule is CC(Oc1cc(-c2cc3n(n2)CCC32CCN(C(=O)OC(C)(C)C)C2)cnc1N)c1cncnc1. The maximum absolute atomic E-state index is 12.6. The number of ether oxygens (including phenoxy) is 2. The first-order chi connectivity index (χ1) is 16.6. The first-order valence-electron chi connectivity index (χ1n) is 11.9. The number of amides is 1. The quantitative estimate of drug-likeness (QED) is 0.603. The smallest absolute Gasteiger partial charge is 0.410 e. The van der Waals surface area contributed by atoms with Crippen LogP contribution in [0.15, 0.2) is 37.1 Å². The van der Waals surface area contributed by atoms with Crippen molar-refractivity contribution in [3.8, 4) is 17.0 Å². The van der Waals surface area contributed by atoms with E-state index in [2.05, 4.69) is 25.7 Å². The molecule has 3 aromatic heterocycles. The van der Waals surface area contributed by atoms with E-state index in [1.165, 1.54) is 6.33 Å². The number of likely N-dealkylation sites (tertiary alicyclic amines) is 1. The van der Waals surface area contributed by atoms with Crippen LogP contribution < -0.4 is 10.5 Å². The molecule has 1 spiro atoms. The molecule has 2 aliphatic rings. The minimum Gasteiger partial charge on any atom is -0.482 e. The van der Waals surface area contributed by atoms with Gasteiger partial charge < -0.3 is 20.1 Å². The second-order valence-electron chi connectivity index (χ2n) is 10.4. The van der Waals surface area contributed by atoms with Gasteiger partial charge in [-0.05, 0) is 52.7 Å². The average Bonchev–Trinajstić information content (AvgIpc) is 3.52. The monoisotopic (exact) mass is 477 g/mol. The van der Waals surface area contributed by atoms with E-state index in [0.717, 1.165) is 41.9 Å². The zero-order chi connectivity index (χ0) is 24.8. The highest BCUT2D eigenvalue weighted by atomic mass is 16.6. The van der Waals surface area contributed by atoms with E-state index >= 15 is 0 Å². The first-order valence-corrected chi connectivity index (χ1v) is 11.9. The van der Waals surface area contributed by atoms with Gasteiger partial charge in [0.2, 0.25) is 0 Å². The topological polar surface area (TPSA) is 121 Å². The molecule has 0 radical (unpaired) electrons. The van der Waals surface area contributed by atoms with E-state index in [-0.39, 0.29) is 17.6 Å². The van der Waals surface area contributed by atoms with Crippen LogP contribution in [0.4, 0.5) is 10.6 Å². The third-order valence-corrected chi connectivity index (χ3v) is 6.66. The van der Waals surface area contributed by atoms with Crippen LogP contribution in [0.3, 0.4) is 0 Å². The molecule has 3 aromatic rings. The van der Waals surface area contributed by atoms with Gasteiger partial charge in [0.15, 0.2) is 11.6 Å². The van der Waals surface area contributed by atoms with Crippen LogP contribution in [-0.4, -0.2) is 54.4 Å². The van der Waals surface area contributed by atoms with Crippen LogP contribution in [0.1, 0.15) is 57.9 Å². The van der Waals surface area contributed by atoms with Gasteiger partial charge in [-0.3, -0.25) is 4.68 Å². The summed E-state index contributed by atoms with van der Waals surface area (Å²) in [5.74, 6) is 0.795. The molecule has 10 nitrogen and oxygen atoms in total. The molecule has 10 heteroatoms. The molecule has 1 saturated heterocycles. The first kappa shape index (κ1) is 23.1. The van der Waals surface area contributed by atoms with Gasteiger partial charge in [-0.2, -0.15) is 5.10 Å². The van der Waals surface area contributed by atoms with Crippen molar-refractivity contribution in [2.45, 2.75) is 64.2 Å². The summed E-state index contributed by atoms with van der Waals surface area (Å²) in [5.41, 5.74) is 9.11. The van der Waals surface area contributed by atoms with Crippen LogP contribution in [0.25, 0.3) is 11.3 Å². The molecule has 2 aliphatic heterocycles. The number of nitrogens with two attached hydrogens (primary N) is 1. The summed E-state index contributed by atoms with van der Waals surface area (Å²) < 4.78 is 13.7. The second kappa shape index (κ2) is 8.51. The van der Waals surface area contributed by atoms with Crippen molar-refractivity contribution in [2.24, 2.45) is 0 Å². The fourth-order valence-electron chi connectivity index (χ4n) is 4.84. The minimum atomic E-state index is -0.510. The molecule has 1 fully saturated rings. The number of nitrogen functional groups attached to an aromatic ring is 1. The number of aromatic nitrogens is 5. The number of anilines is 1. The minimum absolute atomic E-state index is 0.107. The standard InChI is InChI=1S/C25H31N7O3/c1-16(18-11-27-15-28-12-18)34-20-9-17(13-29-22(20)26)19-10-21-25(6-8-32(21)30-19)5-7-31(14-25)23(33)35-24(2,3)4/h9-13,15-16H,5-8,14H2,1-4H3,(H2,26,29). The van der Waals surface area contributed by atoms with Crippen LogP contribution in [0.5, 0.6) is 5.75 Å². The molecule has 2 unspecified atom stereocenters. The maximum atomic E-state index is 12.6. The van der Waals surface area contributed by atoms with E-state index in [1.807, 2.05) is 38.7 Å². The fourth-order valence-corrected chi connectivity index (χ4v) is 4.84. The summed E-state index contributed by atoms with van der Waals surface area (Å²) in [4.78, 5) is 26.9. The summed E-state index contributed by atoms with van der Waals surface area (Å²) in [7, 11) is 0. The Morgan fingerprint density at radius 2 is 1.89 bits per heavy atom. The maximum Gasteiger partial charge on any atom is 0.410 e. The van der Waals surface area contributed by atoms with Crippen molar-refractivity contribution < 1.29 is 14.3 Å². The van der Waals surface area contributed by atoms with Crippen molar-refractivity contribution in [1.29, 1.82) is 0 Å². The number of hydrogen-bond acceptors (Lipinski definition) is 8. The van der Waals surface area contributed by atoms with Crippen LogP contribution in [-0.2, 0) is 16.7 Å². The molecule has 5 rings (SSSR count). The van der Waals surface area contributed by atoms with Gasteiger partial charge in [0.05, 0.1) is 5.69 Å². The number of carbonyl (C=O) groups is 1.